The van der Waals surface area contributed by atoms with Gasteiger partial charge < -0.3 is 14.4 Å². The van der Waals surface area contributed by atoms with E-state index < -0.39 is 11.5 Å². The summed E-state index contributed by atoms with van der Waals surface area (Å²) in [6.07, 6.45) is 0. The van der Waals surface area contributed by atoms with Crippen LogP contribution in [0.3, 0.4) is 0 Å². The molecule has 0 aliphatic carbocycles. The van der Waals surface area contributed by atoms with E-state index in [2.05, 4.69) is 0 Å². The average Bonchev–Trinajstić information content (AvgIpc) is 2.98. The lowest BCUT2D eigenvalue weighted by atomic mass is 10.1. The molecule has 26 heavy (non-hydrogen) atoms. The molecule has 3 aromatic rings. The van der Waals surface area contributed by atoms with Gasteiger partial charge in [0.15, 0.2) is 16.4 Å². The Morgan fingerprint density at radius 2 is 1.92 bits per heavy atom. The summed E-state index contributed by atoms with van der Waals surface area (Å²) < 4.78 is 7.35. The first-order chi connectivity index (χ1) is 12.4. The number of fused-ring (bicyclic) bond motifs is 1. The van der Waals surface area contributed by atoms with Crippen LogP contribution < -0.4 is 10.3 Å². The van der Waals surface area contributed by atoms with Gasteiger partial charge in [-0.15, -0.1) is 11.3 Å². The summed E-state index contributed by atoms with van der Waals surface area (Å²) in [4.78, 5) is 37.0. The number of carboxylic acids is 1. The van der Waals surface area contributed by atoms with Crippen LogP contribution in [0.15, 0.2) is 41.2 Å². The fraction of sp³-hybridized carbons (Fsp3) is 0.211. The summed E-state index contributed by atoms with van der Waals surface area (Å²) in [5.41, 5.74) is 0.685. The maximum atomic E-state index is 13.0. The third-order valence-electron chi connectivity index (χ3n) is 4.00. The van der Waals surface area contributed by atoms with Crippen molar-refractivity contribution < 1.29 is 19.4 Å². The van der Waals surface area contributed by atoms with Crippen molar-refractivity contribution >= 4 is 33.2 Å². The number of aromatic nitrogens is 1. The van der Waals surface area contributed by atoms with Crippen molar-refractivity contribution in [1.29, 1.82) is 0 Å². The van der Waals surface area contributed by atoms with Gasteiger partial charge in [-0.05, 0) is 19.9 Å². The van der Waals surface area contributed by atoms with Crippen LogP contribution in [0.5, 0.6) is 5.75 Å². The van der Waals surface area contributed by atoms with E-state index in [1.54, 1.807) is 44.2 Å². The van der Waals surface area contributed by atoms with Crippen molar-refractivity contribution in [2.24, 2.45) is 0 Å². The number of benzene rings is 1. The van der Waals surface area contributed by atoms with Crippen LogP contribution in [-0.4, -0.2) is 28.0 Å². The highest BCUT2D eigenvalue weighted by Crippen LogP contribution is 2.36. The van der Waals surface area contributed by atoms with Crippen LogP contribution in [0.1, 0.15) is 32.6 Å². The fourth-order valence-corrected chi connectivity index (χ4v) is 3.85. The number of nitrogens with zero attached hydrogens (tertiary/aromatic N) is 1. The van der Waals surface area contributed by atoms with Gasteiger partial charge in [-0.1, -0.05) is 30.3 Å². The first kappa shape index (κ1) is 17.9. The number of hydrogen-bond donors (Lipinski definition) is 1. The van der Waals surface area contributed by atoms with Crippen LogP contribution in [0.25, 0.3) is 10.1 Å². The molecular formula is C19H17NO5S. The van der Waals surface area contributed by atoms with Crippen LogP contribution in [-0.2, 0) is 6.54 Å². The van der Waals surface area contributed by atoms with Gasteiger partial charge in [-0.2, -0.15) is 0 Å². The summed E-state index contributed by atoms with van der Waals surface area (Å²) in [5, 5.41) is 9.59. The summed E-state index contributed by atoms with van der Waals surface area (Å²) in [6.45, 7) is 3.57. The molecule has 6 nitrogen and oxygen atoms in total. The molecule has 0 aliphatic rings. The zero-order valence-electron chi connectivity index (χ0n) is 14.3. The molecule has 0 radical (unpaired) electrons. The standard InChI is InChI=1S/C19H17NO5S/c1-3-25-16-15-14(26-17(16)19(23)24)9-11(2)20(18(15)22)10-13(21)12-7-5-4-6-8-12/h4-9H,3,10H2,1-2H3,(H,23,24). The number of carbonyl (C=O) groups excluding carboxylic acids is 1. The van der Waals surface area contributed by atoms with E-state index in [-0.39, 0.29) is 34.9 Å². The molecule has 134 valence electrons. The Kier molecular flexibility index (Phi) is 4.90. The number of aryl methyl sites for hydroxylation is 1. The molecular weight excluding hydrogens is 354 g/mol. The SMILES string of the molecule is CCOc1c(C(=O)O)sc2cc(C)n(CC(=O)c3ccccc3)c(=O)c12. The lowest BCUT2D eigenvalue weighted by Gasteiger charge is -2.10. The minimum atomic E-state index is -1.14. The third-order valence-corrected chi connectivity index (χ3v) is 5.10. The summed E-state index contributed by atoms with van der Waals surface area (Å²) in [5.74, 6) is -1.26. The second kappa shape index (κ2) is 7.13. The van der Waals surface area contributed by atoms with E-state index in [1.807, 2.05) is 6.07 Å². The van der Waals surface area contributed by atoms with Crippen molar-refractivity contribution in [2.45, 2.75) is 20.4 Å². The number of ketones is 1. The molecule has 7 heteroatoms. The van der Waals surface area contributed by atoms with Gasteiger partial charge in [0, 0.05) is 16.0 Å². The summed E-state index contributed by atoms with van der Waals surface area (Å²) in [6, 6.07) is 10.4. The maximum absolute atomic E-state index is 13.0. The molecule has 1 aromatic carbocycles. The zero-order chi connectivity index (χ0) is 18.8. The first-order valence-electron chi connectivity index (χ1n) is 8.05. The second-order valence-corrected chi connectivity index (χ2v) is 6.76. The number of carboxylic acid groups (broad SMARTS) is 1. The molecule has 0 saturated heterocycles. The largest absolute Gasteiger partial charge is 0.491 e. The number of aromatic carboxylic acids is 1. The van der Waals surface area contributed by atoms with Gasteiger partial charge in [0.25, 0.3) is 5.56 Å². The number of hydrogen-bond acceptors (Lipinski definition) is 5. The van der Waals surface area contributed by atoms with Crippen molar-refractivity contribution in [3.05, 3.63) is 62.9 Å². The first-order valence-corrected chi connectivity index (χ1v) is 8.87. The number of ether oxygens (including phenoxy) is 1. The number of pyridine rings is 1. The average molecular weight is 371 g/mol. The van der Waals surface area contributed by atoms with Crippen molar-refractivity contribution in [3.8, 4) is 5.75 Å². The Labute approximate surface area is 153 Å². The van der Waals surface area contributed by atoms with Crippen LogP contribution in [0.4, 0.5) is 0 Å². The molecule has 0 saturated carbocycles. The van der Waals surface area contributed by atoms with E-state index in [0.717, 1.165) is 11.3 Å². The molecule has 1 N–H and O–H groups in total. The topological polar surface area (TPSA) is 85.6 Å². The third kappa shape index (κ3) is 3.13. The fourth-order valence-electron chi connectivity index (χ4n) is 2.78. The molecule has 0 unspecified atom stereocenters. The zero-order valence-corrected chi connectivity index (χ0v) is 15.1. The Morgan fingerprint density at radius 3 is 2.54 bits per heavy atom. The van der Waals surface area contributed by atoms with Crippen LogP contribution in [0.2, 0.25) is 0 Å². The number of carbonyl (C=O) groups is 2. The molecule has 0 amide bonds. The Hall–Kier alpha value is -2.93. The molecule has 2 aromatic heterocycles. The molecule has 0 spiro atoms. The highest BCUT2D eigenvalue weighted by Gasteiger charge is 2.23. The van der Waals surface area contributed by atoms with E-state index in [9.17, 15) is 19.5 Å². The quantitative estimate of drug-likeness (QED) is 0.672. The minimum Gasteiger partial charge on any atom is -0.491 e. The van der Waals surface area contributed by atoms with Gasteiger partial charge in [0.2, 0.25) is 0 Å². The lowest BCUT2D eigenvalue weighted by Crippen LogP contribution is -2.26. The lowest BCUT2D eigenvalue weighted by molar-refractivity contribution is 0.0698. The normalized spacial score (nSPS) is 10.8. The van der Waals surface area contributed by atoms with Crippen LogP contribution in [0, 0.1) is 6.92 Å². The highest BCUT2D eigenvalue weighted by atomic mass is 32.1. The number of thiophene rings is 1. The number of rotatable bonds is 6. The smallest absolute Gasteiger partial charge is 0.349 e. The van der Waals surface area contributed by atoms with E-state index >= 15 is 0 Å². The summed E-state index contributed by atoms with van der Waals surface area (Å²) in [7, 11) is 0. The predicted octanol–water partition coefficient (Wildman–Crippen LogP) is 3.35. The molecule has 0 fully saturated rings. The minimum absolute atomic E-state index is 0.00881. The van der Waals surface area contributed by atoms with E-state index in [0.29, 0.717) is 16.0 Å². The van der Waals surface area contributed by atoms with E-state index in [1.165, 1.54) is 4.57 Å². The number of Topliss-reactive ketones (excluding diaryl/α,β-unsaturated/α-hetero) is 1. The van der Waals surface area contributed by atoms with E-state index in [4.69, 9.17) is 4.74 Å². The maximum Gasteiger partial charge on any atom is 0.349 e. The van der Waals surface area contributed by atoms with Crippen molar-refractivity contribution in [2.75, 3.05) is 6.61 Å². The van der Waals surface area contributed by atoms with Crippen LogP contribution >= 0.6 is 11.3 Å². The van der Waals surface area contributed by atoms with Gasteiger partial charge in [-0.3, -0.25) is 9.59 Å². The molecule has 3 rings (SSSR count). The molecule has 2 heterocycles. The predicted molar refractivity (Wildman–Crippen MR) is 99.7 cm³/mol. The van der Waals surface area contributed by atoms with Crippen molar-refractivity contribution in [3.63, 3.8) is 0 Å². The Balaban J connectivity index is 2.15. The highest BCUT2D eigenvalue weighted by molar-refractivity contribution is 7.21. The molecule has 0 atom stereocenters. The monoisotopic (exact) mass is 371 g/mol. The summed E-state index contributed by atoms with van der Waals surface area (Å²) >= 11 is 1.00. The Morgan fingerprint density at radius 1 is 1.23 bits per heavy atom. The van der Waals surface area contributed by atoms with Gasteiger partial charge in [0.1, 0.15) is 5.39 Å². The van der Waals surface area contributed by atoms with Crippen molar-refractivity contribution in [1.82, 2.24) is 4.57 Å². The molecule has 0 bridgehead atoms. The second-order valence-electron chi connectivity index (χ2n) is 5.70. The van der Waals surface area contributed by atoms with Gasteiger partial charge in [0.05, 0.1) is 13.2 Å². The van der Waals surface area contributed by atoms with Gasteiger partial charge >= 0.3 is 5.97 Å². The Bertz CT molecular complexity index is 1050. The molecule has 0 aliphatic heterocycles. The van der Waals surface area contributed by atoms with Gasteiger partial charge in [-0.25, -0.2) is 4.79 Å².